The molecule has 0 atom stereocenters. The van der Waals surface area contributed by atoms with Gasteiger partial charge in [-0.3, -0.25) is 0 Å². The number of ether oxygens (including phenoxy) is 2. The molecule has 1 saturated heterocycles. The molecule has 0 saturated carbocycles. The molecular weight excluding hydrogens is 206 g/mol. The number of nitrogen functional groups attached to an aromatic ring is 1. The van der Waals surface area contributed by atoms with E-state index in [0.29, 0.717) is 30.5 Å². The molecule has 1 fully saturated rings. The Morgan fingerprint density at radius 3 is 2.88 bits per heavy atom. The minimum Gasteiger partial charge on any atom is -0.473 e. The lowest BCUT2D eigenvalue weighted by atomic mass is 10.1. The number of nitrogens with two attached hydrogens (primary N) is 1. The zero-order valence-corrected chi connectivity index (χ0v) is 8.85. The van der Waals surface area contributed by atoms with Crippen LogP contribution in [0, 0.1) is 11.3 Å². The molecule has 1 aliphatic heterocycles. The fraction of sp³-hybridized carbons (Fsp3) is 0.455. The van der Waals surface area contributed by atoms with Crippen LogP contribution in [0.25, 0.3) is 0 Å². The molecule has 1 aliphatic rings. The lowest BCUT2D eigenvalue weighted by Crippen LogP contribution is -2.26. The molecule has 1 aromatic heterocycles. The van der Waals surface area contributed by atoms with Gasteiger partial charge in [0, 0.05) is 12.8 Å². The van der Waals surface area contributed by atoms with E-state index in [9.17, 15) is 0 Å². The molecule has 2 rings (SSSR count). The zero-order valence-electron chi connectivity index (χ0n) is 8.85. The zero-order chi connectivity index (χ0) is 11.4. The number of nitriles is 1. The first-order valence-electron chi connectivity index (χ1n) is 5.20. The standard InChI is InChI=1S/C11H13N3O2/c12-7-8-1-2-10(13)11(14-8)16-9-3-5-15-6-4-9/h1-2,9H,3-6,13H2. The van der Waals surface area contributed by atoms with Gasteiger partial charge in [0.2, 0.25) is 5.88 Å². The molecule has 0 radical (unpaired) electrons. The Kier molecular flexibility index (Phi) is 3.22. The van der Waals surface area contributed by atoms with Crippen LogP contribution in [0.2, 0.25) is 0 Å². The quantitative estimate of drug-likeness (QED) is 0.805. The topological polar surface area (TPSA) is 81.2 Å². The summed E-state index contributed by atoms with van der Waals surface area (Å²) >= 11 is 0. The first-order valence-corrected chi connectivity index (χ1v) is 5.20. The first kappa shape index (κ1) is 10.7. The third kappa shape index (κ3) is 2.41. The third-order valence-electron chi connectivity index (χ3n) is 2.45. The maximum absolute atomic E-state index is 8.73. The monoisotopic (exact) mass is 219 g/mol. The van der Waals surface area contributed by atoms with Gasteiger partial charge in [-0.25, -0.2) is 4.98 Å². The number of pyridine rings is 1. The average Bonchev–Trinajstić information content (AvgIpc) is 2.33. The number of rotatable bonds is 2. The number of aromatic nitrogens is 1. The van der Waals surface area contributed by atoms with Crippen LogP contribution in [0.3, 0.4) is 0 Å². The Balaban J connectivity index is 2.10. The van der Waals surface area contributed by atoms with Crippen LogP contribution in [0.5, 0.6) is 5.88 Å². The van der Waals surface area contributed by atoms with Gasteiger partial charge in [-0.05, 0) is 12.1 Å². The van der Waals surface area contributed by atoms with Crippen LogP contribution >= 0.6 is 0 Å². The van der Waals surface area contributed by atoms with Crippen molar-refractivity contribution in [1.29, 1.82) is 5.26 Å². The summed E-state index contributed by atoms with van der Waals surface area (Å²) in [7, 11) is 0. The van der Waals surface area contributed by atoms with E-state index in [4.69, 9.17) is 20.5 Å². The van der Waals surface area contributed by atoms with E-state index in [-0.39, 0.29) is 6.10 Å². The highest BCUT2D eigenvalue weighted by atomic mass is 16.5. The minimum absolute atomic E-state index is 0.0810. The predicted octanol–water partition coefficient (Wildman–Crippen LogP) is 1.09. The van der Waals surface area contributed by atoms with Crippen molar-refractivity contribution in [3.05, 3.63) is 17.8 Å². The number of nitrogens with zero attached hydrogens (tertiary/aromatic N) is 2. The molecule has 2 N–H and O–H groups in total. The van der Waals surface area contributed by atoms with Crippen molar-refractivity contribution in [3.63, 3.8) is 0 Å². The fourth-order valence-corrected chi connectivity index (χ4v) is 1.56. The van der Waals surface area contributed by atoms with Crippen molar-refractivity contribution in [2.24, 2.45) is 0 Å². The van der Waals surface area contributed by atoms with Crippen molar-refractivity contribution >= 4 is 5.69 Å². The summed E-state index contributed by atoms with van der Waals surface area (Å²) in [4.78, 5) is 4.04. The summed E-state index contributed by atoms with van der Waals surface area (Å²) < 4.78 is 10.9. The molecule has 84 valence electrons. The van der Waals surface area contributed by atoms with Crippen LogP contribution < -0.4 is 10.5 Å². The maximum Gasteiger partial charge on any atom is 0.238 e. The first-order chi connectivity index (χ1) is 7.79. The van der Waals surface area contributed by atoms with E-state index >= 15 is 0 Å². The second-order valence-corrected chi connectivity index (χ2v) is 3.63. The molecule has 0 spiro atoms. The Morgan fingerprint density at radius 1 is 1.44 bits per heavy atom. The Morgan fingerprint density at radius 2 is 2.19 bits per heavy atom. The van der Waals surface area contributed by atoms with Crippen LogP contribution in [-0.2, 0) is 4.74 Å². The van der Waals surface area contributed by atoms with E-state index in [0.717, 1.165) is 12.8 Å². The SMILES string of the molecule is N#Cc1ccc(N)c(OC2CCOCC2)n1. The third-order valence-corrected chi connectivity index (χ3v) is 2.45. The van der Waals surface area contributed by atoms with E-state index in [2.05, 4.69) is 4.98 Å². The molecule has 5 nitrogen and oxygen atoms in total. The Labute approximate surface area is 93.8 Å². The van der Waals surface area contributed by atoms with Crippen molar-refractivity contribution in [2.75, 3.05) is 18.9 Å². The van der Waals surface area contributed by atoms with Gasteiger partial charge in [-0.1, -0.05) is 0 Å². The number of anilines is 1. The molecule has 1 aromatic rings. The maximum atomic E-state index is 8.73. The second-order valence-electron chi connectivity index (χ2n) is 3.63. The van der Waals surface area contributed by atoms with Gasteiger partial charge in [-0.2, -0.15) is 5.26 Å². The van der Waals surface area contributed by atoms with Gasteiger partial charge in [0.1, 0.15) is 17.9 Å². The predicted molar refractivity (Wildman–Crippen MR) is 57.8 cm³/mol. The summed E-state index contributed by atoms with van der Waals surface area (Å²) in [5.74, 6) is 0.353. The lowest BCUT2D eigenvalue weighted by Gasteiger charge is -2.23. The van der Waals surface area contributed by atoms with Crippen molar-refractivity contribution < 1.29 is 9.47 Å². The number of hydrogen-bond donors (Lipinski definition) is 1. The van der Waals surface area contributed by atoms with Gasteiger partial charge in [0.05, 0.1) is 18.9 Å². The van der Waals surface area contributed by atoms with Gasteiger partial charge < -0.3 is 15.2 Å². The molecule has 0 aliphatic carbocycles. The van der Waals surface area contributed by atoms with Crippen molar-refractivity contribution in [3.8, 4) is 11.9 Å². The highest BCUT2D eigenvalue weighted by Gasteiger charge is 2.17. The van der Waals surface area contributed by atoms with Gasteiger partial charge in [-0.15, -0.1) is 0 Å². The molecule has 5 heteroatoms. The molecule has 0 aromatic carbocycles. The summed E-state index contributed by atoms with van der Waals surface area (Å²) in [5, 5.41) is 8.73. The fourth-order valence-electron chi connectivity index (χ4n) is 1.56. The van der Waals surface area contributed by atoms with Crippen LogP contribution in [-0.4, -0.2) is 24.3 Å². The van der Waals surface area contributed by atoms with Crippen molar-refractivity contribution in [1.82, 2.24) is 4.98 Å². The summed E-state index contributed by atoms with van der Waals surface area (Å²) in [5.41, 5.74) is 6.51. The van der Waals surface area contributed by atoms with Gasteiger partial charge in [0.25, 0.3) is 0 Å². The van der Waals surface area contributed by atoms with E-state index in [1.165, 1.54) is 0 Å². The van der Waals surface area contributed by atoms with Crippen LogP contribution in [0.1, 0.15) is 18.5 Å². The Bertz CT molecular complexity index is 408. The van der Waals surface area contributed by atoms with Gasteiger partial charge >= 0.3 is 0 Å². The summed E-state index contributed by atoms with van der Waals surface area (Å²) in [6, 6.07) is 5.18. The summed E-state index contributed by atoms with van der Waals surface area (Å²) in [6.07, 6.45) is 1.74. The van der Waals surface area contributed by atoms with Crippen molar-refractivity contribution in [2.45, 2.75) is 18.9 Å². The van der Waals surface area contributed by atoms with Gasteiger partial charge in [0.15, 0.2) is 0 Å². The Hall–Kier alpha value is -1.80. The minimum atomic E-state index is 0.0810. The largest absolute Gasteiger partial charge is 0.473 e. The average molecular weight is 219 g/mol. The smallest absolute Gasteiger partial charge is 0.238 e. The molecule has 0 bridgehead atoms. The van der Waals surface area contributed by atoms with E-state index < -0.39 is 0 Å². The highest BCUT2D eigenvalue weighted by molar-refractivity contribution is 5.49. The normalized spacial score (nSPS) is 16.7. The lowest BCUT2D eigenvalue weighted by molar-refractivity contribution is 0.0240. The number of hydrogen-bond acceptors (Lipinski definition) is 5. The molecule has 0 unspecified atom stereocenters. The molecule has 16 heavy (non-hydrogen) atoms. The van der Waals surface area contributed by atoms with Crippen LogP contribution in [0.4, 0.5) is 5.69 Å². The van der Waals surface area contributed by atoms with Crippen LogP contribution in [0.15, 0.2) is 12.1 Å². The molecular formula is C11H13N3O2. The molecule has 2 heterocycles. The highest BCUT2D eigenvalue weighted by Crippen LogP contribution is 2.22. The second kappa shape index (κ2) is 4.81. The molecule has 0 amide bonds. The van der Waals surface area contributed by atoms with E-state index in [1.807, 2.05) is 6.07 Å². The van der Waals surface area contributed by atoms with E-state index in [1.54, 1.807) is 12.1 Å². The summed E-state index contributed by atoms with van der Waals surface area (Å²) in [6.45, 7) is 1.39.